The highest BCUT2D eigenvalue weighted by Gasteiger charge is 2.16. The molecule has 0 saturated carbocycles. The SMILES string of the molecule is C1CN(CCC2CCOCC2)CCN1. The molecule has 2 aliphatic rings. The molecule has 3 heteroatoms. The minimum atomic E-state index is 0.929. The van der Waals surface area contributed by atoms with Gasteiger partial charge in [-0.3, -0.25) is 0 Å². The number of nitrogens with zero attached hydrogens (tertiary/aromatic N) is 1. The van der Waals surface area contributed by atoms with Gasteiger partial charge in [-0.25, -0.2) is 0 Å². The van der Waals surface area contributed by atoms with Crippen molar-refractivity contribution in [3.05, 3.63) is 0 Å². The van der Waals surface area contributed by atoms with Crippen molar-refractivity contribution in [2.75, 3.05) is 45.9 Å². The van der Waals surface area contributed by atoms with Gasteiger partial charge in [0.15, 0.2) is 0 Å². The van der Waals surface area contributed by atoms with Gasteiger partial charge in [-0.05, 0) is 31.7 Å². The lowest BCUT2D eigenvalue weighted by molar-refractivity contribution is 0.0595. The van der Waals surface area contributed by atoms with E-state index in [1.54, 1.807) is 0 Å². The van der Waals surface area contributed by atoms with Crippen molar-refractivity contribution < 1.29 is 4.74 Å². The summed E-state index contributed by atoms with van der Waals surface area (Å²) in [5.41, 5.74) is 0. The molecule has 0 bridgehead atoms. The molecule has 2 fully saturated rings. The molecular formula is C11H22N2O. The van der Waals surface area contributed by atoms with Gasteiger partial charge in [0, 0.05) is 39.4 Å². The van der Waals surface area contributed by atoms with E-state index in [4.69, 9.17) is 4.74 Å². The fourth-order valence-corrected chi connectivity index (χ4v) is 2.33. The summed E-state index contributed by atoms with van der Waals surface area (Å²) in [7, 11) is 0. The first kappa shape index (κ1) is 10.4. The monoisotopic (exact) mass is 198 g/mol. The van der Waals surface area contributed by atoms with Gasteiger partial charge in [-0.15, -0.1) is 0 Å². The van der Waals surface area contributed by atoms with E-state index < -0.39 is 0 Å². The van der Waals surface area contributed by atoms with Crippen LogP contribution in [-0.2, 0) is 4.74 Å². The van der Waals surface area contributed by atoms with Crippen LogP contribution in [0.1, 0.15) is 19.3 Å². The van der Waals surface area contributed by atoms with Gasteiger partial charge in [-0.1, -0.05) is 0 Å². The maximum atomic E-state index is 5.37. The smallest absolute Gasteiger partial charge is 0.0468 e. The average Bonchev–Trinajstić information content (AvgIpc) is 2.29. The van der Waals surface area contributed by atoms with E-state index in [0.29, 0.717) is 0 Å². The standard InChI is InChI=1S/C11H22N2O/c1(11-2-9-14-10-3-11)6-13-7-4-12-5-8-13/h11-12H,1-10H2. The Morgan fingerprint density at radius 2 is 1.86 bits per heavy atom. The summed E-state index contributed by atoms with van der Waals surface area (Å²) in [5.74, 6) is 0.929. The molecule has 0 aromatic carbocycles. The van der Waals surface area contributed by atoms with Crippen LogP contribution < -0.4 is 5.32 Å². The fourth-order valence-electron chi connectivity index (χ4n) is 2.33. The maximum absolute atomic E-state index is 5.37. The van der Waals surface area contributed by atoms with E-state index >= 15 is 0 Å². The van der Waals surface area contributed by atoms with E-state index in [0.717, 1.165) is 19.1 Å². The number of rotatable bonds is 3. The number of ether oxygens (including phenoxy) is 1. The normalized spacial score (nSPS) is 26.6. The van der Waals surface area contributed by atoms with Crippen LogP contribution >= 0.6 is 0 Å². The highest BCUT2D eigenvalue weighted by molar-refractivity contribution is 4.70. The molecule has 2 rings (SSSR count). The lowest BCUT2D eigenvalue weighted by atomic mass is 9.96. The molecule has 0 aromatic heterocycles. The Morgan fingerprint density at radius 1 is 1.14 bits per heavy atom. The molecule has 0 radical (unpaired) electrons. The van der Waals surface area contributed by atoms with Crippen molar-refractivity contribution in [2.45, 2.75) is 19.3 Å². The molecule has 0 aliphatic carbocycles. The number of hydrogen-bond donors (Lipinski definition) is 1. The zero-order valence-electron chi connectivity index (χ0n) is 9.00. The zero-order valence-corrected chi connectivity index (χ0v) is 9.00. The molecule has 2 aliphatic heterocycles. The first-order valence-corrected chi connectivity index (χ1v) is 5.96. The Labute approximate surface area is 86.8 Å². The van der Waals surface area contributed by atoms with E-state index in [-0.39, 0.29) is 0 Å². The lowest BCUT2D eigenvalue weighted by Gasteiger charge is -2.29. The molecule has 0 spiro atoms. The average molecular weight is 198 g/mol. The highest BCUT2D eigenvalue weighted by atomic mass is 16.5. The predicted octanol–water partition coefficient (Wildman–Crippen LogP) is 0.708. The molecule has 0 atom stereocenters. The Kier molecular flexibility index (Phi) is 4.22. The van der Waals surface area contributed by atoms with Crippen molar-refractivity contribution in [1.29, 1.82) is 0 Å². The van der Waals surface area contributed by atoms with Crippen molar-refractivity contribution in [1.82, 2.24) is 10.2 Å². The van der Waals surface area contributed by atoms with E-state index in [1.165, 1.54) is 52.0 Å². The Hall–Kier alpha value is -0.120. The van der Waals surface area contributed by atoms with Crippen LogP contribution in [0.4, 0.5) is 0 Å². The third-order valence-corrected chi connectivity index (χ3v) is 3.40. The van der Waals surface area contributed by atoms with Crippen molar-refractivity contribution in [3.63, 3.8) is 0 Å². The Bertz CT molecular complexity index is 133. The summed E-state index contributed by atoms with van der Waals surface area (Å²) in [4.78, 5) is 2.59. The third-order valence-electron chi connectivity index (χ3n) is 3.40. The number of nitrogens with one attached hydrogen (secondary N) is 1. The van der Waals surface area contributed by atoms with Gasteiger partial charge >= 0.3 is 0 Å². The fraction of sp³-hybridized carbons (Fsp3) is 1.00. The molecule has 2 heterocycles. The first-order chi connectivity index (χ1) is 6.95. The minimum Gasteiger partial charge on any atom is -0.381 e. The van der Waals surface area contributed by atoms with Gasteiger partial charge in [0.05, 0.1) is 0 Å². The molecule has 3 nitrogen and oxygen atoms in total. The zero-order chi connectivity index (χ0) is 9.64. The molecule has 14 heavy (non-hydrogen) atoms. The van der Waals surface area contributed by atoms with Gasteiger partial charge < -0.3 is 15.0 Å². The van der Waals surface area contributed by atoms with Crippen LogP contribution in [0.25, 0.3) is 0 Å². The second-order valence-corrected chi connectivity index (χ2v) is 4.44. The summed E-state index contributed by atoms with van der Waals surface area (Å²) in [6, 6.07) is 0. The summed E-state index contributed by atoms with van der Waals surface area (Å²) in [6.45, 7) is 8.11. The van der Waals surface area contributed by atoms with Crippen LogP contribution in [0.5, 0.6) is 0 Å². The van der Waals surface area contributed by atoms with Crippen LogP contribution in [0, 0.1) is 5.92 Å². The van der Waals surface area contributed by atoms with E-state index in [9.17, 15) is 0 Å². The van der Waals surface area contributed by atoms with Crippen LogP contribution in [0.3, 0.4) is 0 Å². The number of hydrogen-bond acceptors (Lipinski definition) is 3. The summed E-state index contributed by atoms with van der Waals surface area (Å²) < 4.78 is 5.37. The molecule has 2 saturated heterocycles. The lowest BCUT2D eigenvalue weighted by Crippen LogP contribution is -2.44. The summed E-state index contributed by atoms with van der Waals surface area (Å²) in [6.07, 6.45) is 3.95. The third kappa shape index (κ3) is 3.23. The van der Waals surface area contributed by atoms with Gasteiger partial charge in [0.25, 0.3) is 0 Å². The topological polar surface area (TPSA) is 24.5 Å². The highest BCUT2D eigenvalue weighted by Crippen LogP contribution is 2.18. The molecule has 0 amide bonds. The van der Waals surface area contributed by atoms with Gasteiger partial charge in [0.2, 0.25) is 0 Å². The predicted molar refractivity (Wildman–Crippen MR) is 57.5 cm³/mol. The minimum absolute atomic E-state index is 0.929. The maximum Gasteiger partial charge on any atom is 0.0468 e. The van der Waals surface area contributed by atoms with Crippen molar-refractivity contribution >= 4 is 0 Å². The Morgan fingerprint density at radius 3 is 2.57 bits per heavy atom. The van der Waals surface area contributed by atoms with Crippen LogP contribution in [0.15, 0.2) is 0 Å². The summed E-state index contributed by atoms with van der Waals surface area (Å²) >= 11 is 0. The van der Waals surface area contributed by atoms with Gasteiger partial charge in [-0.2, -0.15) is 0 Å². The van der Waals surface area contributed by atoms with Crippen molar-refractivity contribution in [3.8, 4) is 0 Å². The Balaban J connectivity index is 1.60. The van der Waals surface area contributed by atoms with Crippen molar-refractivity contribution in [2.24, 2.45) is 5.92 Å². The molecule has 0 unspecified atom stereocenters. The molecule has 1 N–H and O–H groups in total. The number of piperazine rings is 1. The molecular weight excluding hydrogens is 176 g/mol. The van der Waals surface area contributed by atoms with E-state index in [2.05, 4.69) is 10.2 Å². The van der Waals surface area contributed by atoms with Crippen LogP contribution in [0.2, 0.25) is 0 Å². The quantitative estimate of drug-likeness (QED) is 0.723. The second kappa shape index (κ2) is 5.69. The first-order valence-electron chi connectivity index (χ1n) is 5.96. The van der Waals surface area contributed by atoms with Crippen LogP contribution in [-0.4, -0.2) is 50.8 Å². The second-order valence-electron chi connectivity index (χ2n) is 4.44. The summed E-state index contributed by atoms with van der Waals surface area (Å²) in [5, 5.41) is 3.39. The molecule has 82 valence electrons. The van der Waals surface area contributed by atoms with Gasteiger partial charge in [0.1, 0.15) is 0 Å². The largest absolute Gasteiger partial charge is 0.381 e. The van der Waals surface area contributed by atoms with E-state index in [1.807, 2.05) is 0 Å². The molecule has 0 aromatic rings.